The van der Waals surface area contributed by atoms with Gasteiger partial charge in [-0.15, -0.1) is 0 Å². The van der Waals surface area contributed by atoms with Crippen molar-refractivity contribution >= 4 is 49.8 Å². The highest BCUT2D eigenvalue weighted by molar-refractivity contribution is 6.14. The molecule has 1 aliphatic rings. The molecule has 0 radical (unpaired) electrons. The Morgan fingerprint density at radius 2 is 0.881 bits per heavy atom. The van der Waals surface area contributed by atoms with Crippen LogP contribution < -0.4 is 4.90 Å². The average molecular weight is 854 g/mol. The van der Waals surface area contributed by atoms with E-state index in [9.17, 15) is 0 Å². The van der Waals surface area contributed by atoms with Gasteiger partial charge in [-0.25, -0.2) is 0 Å². The highest BCUT2D eigenvalue weighted by atomic mass is 16.3. The molecule has 0 N–H and O–H groups in total. The van der Waals surface area contributed by atoms with E-state index in [1.807, 2.05) is 6.07 Å². The second kappa shape index (κ2) is 15.8. The predicted octanol–water partition coefficient (Wildman–Crippen LogP) is 17.6. The topological polar surface area (TPSA) is 16.4 Å². The van der Waals surface area contributed by atoms with Crippen molar-refractivity contribution in [3.63, 3.8) is 0 Å². The molecule has 0 fully saturated rings. The Bertz CT molecular complexity index is 3760. The third kappa shape index (κ3) is 6.11. The van der Waals surface area contributed by atoms with Crippen molar-refractivity contribution in [2.75, 3.05) is 4.90 Å². The largest absolute Gasteiger partial charge is 0.456 e. The zero-order chi connectivity index (χ0) is 44.3. The molecule has 67 heavy (non-hydrogen) atoms. The number of rotatable bonds is 8. The molecule has 11 aromatic carbocycles. The van der Waals surface area contributed by atoms with E-state index in [1.165, 1.54) is 55.3 Å². The molecule has 0 saturated carbocycles. The standard InChI is InChI=1S/C65H43NO/c1-3-22-48(23-4-1)65(49-24-5-2-6-25-49)57-33-12-9-29-55(57)64-58(65)34-18-36-60(64)66(59-35-13-10-28-53(59)54-32-17-38-62-63(54)56-30-11-14-37-61(56)67-62)50-26-15-21-47(43-50)44-39-41-46(42-40-44)52-31-16-20-45-19-7-8-27-51(45)52/h1-43H. The van der Waals surface area contributed by atoms with Gasteiger partial charge in [0.1, 0.15) is 11.2 Å². The van der Waals surface area contributed by atoms with Gasteiger partial charge in [0, 0.05) is 27.6 Å². The van der Waals surface area contributed by atoms with Crippen LogP contribution in [0.15, 0.2) is 265 Å². The maximum absolute atomic E-state index is 6.50. The highest BCUT2D eigenvalue weighted by Crippen LogP contribution is 2.60. The highest BCUT2D eigenvalue weighted by Gasteiger charge is 2.47. The molecule has 314 valence electrons. The average Bonchev–Trinajstić information content (AvgIpc) is 3.94. The second-order valence-electron chi connectivity index (χ2n) is 17.5. The Hall–Kier alpha value is -8.72. The van der Waals surface area contributed by atoms with Crippen LogP contribution in [0.5, 0.6) is 0 Å². The number of furan rings is 1. The first-order valence-corrected chi connectivity index (χ1v) is 23.1. The summed E-state index contributed by atoms with van der Waals surface area (Å²) in [5.41, 5.74) is 18.9. The maximum atomic E-state index is 6.50. The minimum Gasteiger partial charge on any atom is -0.456 e. The molecule has 0 saturated heterocycles. The minimum atomic E-state index is -0.551. The first kappa shape index (κ1) is 38.7. The molecule has 0 atom stereocenters. The lowest BCUT2D eigenvalue weighted by atomic mass is 9.68. The summed E-state index contributed by atoms with van der Waals surface area (Å²) in [6.45, 7) is 0. The van der Waals surface area contributed by atoms with Crippen LogP contribution in [0.25, 0.3) is 77.2 Å². The summed E-state index contributed by atoms with van der Waals surface area (Å²) in [6, 6.07) is 95.1. The summed E-state index contributed by atoms with van der Waals surface area (Å²) < 4.78 is 6.50. The number of nitrogens with zero attached hydrogens (tertiary/aromatic N) is 1. The molecule has 12 aromatic rings. The first-order chi connectivity index (χ1) is 33.3. The van der Waals surface area contributed by atoms with Gasteiger partial charge in [-0.2, -0.15) is 0 Å². The van der Waals surface area contributed by atoms with Crippen LogP contribution in [0.2, 0.25) is 0 Å². The van der Waals surface area contributed by atoms with Crippen molar-refractivity contribution in [3.8, 4) is 44.5 Å². The van der Waals surface area contributed by atoms with Crippen LogP contribution >= 0.6 is 0 Å². The fourth-order valence-corrected chi connectivity index (χ4v) is 11.1. The van der Waals surface area contributed by atoms with Crippen molar-refractivity contribution in [2.24, 2.45) is 0 Å². The van der Waals surface area contributed by atoms with E-state index in [0.29, 0.717) is 0 Å². The number of fused-ring (bicyclic) bond motifs is 7. The molecular formula is C65H43NO. The van der Waals surface area contributed by atoms with Crippen molar-refractivity contribution < 1.29 is 4.42 Å². The van der Waals surface area contributed by atoms with Gasteiger partial charge in [0.15, 0.2) is 0 Å². The predicted molar refractivity (Wildman–Crippen MR) is 280 cm³/mol. The van der Waals surface area contributed by atoms with Gasteiger partial charge < -0.3 is 9.32 Å². The lowest BCUT2D eigenvalue weighted by Gasteiger charge is -2.34. The molecule has 1 aromatic heterocycles. The van der Waals surface area contributed by atoms with Gasteiger partial charge in [0.05, 0.1) is 16.8 Å². The van der Waals surface area contributed by atoms with E-state index < -0.39 is 5.41 Å². The van der Waals surface area contributed by atoms with Crippen LogP contribution in [0, 0.1) is 0 Å². The number of hydrogen-bond acceptors (Lipinski definition) is 2. The molecule has 1 heterocycles. The third-order valence-corrected chi connectivity index (χ3v) is 14.0. The Labute approximate surface area is 390 Å². The molecular weight excluding hydrogens is 811 g/mol. The normalized spacial score (nSPS) is 12.6. The Morgan fingerprint density at radius 3 is 1.70 bits per heavy atom. The number of anilines is 3. The quantitative estimate of drug-likeness (QED) is 0.151. The lowest BCUT2D eigenvalue weighted by molar-refractivity contribution is 0.669. The van der Waals surface area contributed by atoms with Crippen LogP contribution in [0.4, 0.5) is 17.1 Å². The number of benzene rings is 11. The molecule has 1 aliphatic carbocycles. The zero-order valence-corrected chi connectivity index (χ0v) is 36.7. The van der Waals surface area contributed by atoms with Crippen LogP contribution in [-0.2, 0) is 5.41 Å². The molecule has 0 aliphatic heterocycles. The second-order valence-corrected chi connectivity index (χ2v) is 17.5. The van der Waals surface area contributed by atoms with E-state index in [2.05, 4.69) is 260 Å². The summed E-state index contributed by atoms with van der Waals surface area (Å²) in [4.78, 5) is 2.51. The summed E-state index contributed by atoms with van der Waals surface area (Å²) in [7, 11) is 0. The zero-order valence-electron chi connectivity index (χ0n) is 36.7. The summed E-state index contributed by atoms with van der Waals surface area (Å²) in [6.07, 6.45) is 0. The number of hydrogen-bond donors (Lipinski definition) is 0. The molecule has 0 bridgehead atoms. The van der Waals surface area contributed by atoms with Crippen molar-refractivity contribution in [1.82, 2.24) is 0 Å². The van der Waals surface area contributed by atoms with E-state index >= 15 is 0 Å². The molecule has 0 spiro atoms. The van der Waals surface area contributed by atoms with Gasteiger partial charge >= 0.3 is 0 Å². The van der Waals surface area contributed by atoms with E-state index in [4.69, 9.17) is 4.42 Å². The fourth-order valence-electron chi connectivity index (χ4n) is 11.1. The molecule has 2 nitrogen and oxygen atoms in total. The molecule has 2 heteroatoms. The van der Waals surface area contributed by atoms with E-state index in [-0.39, 0.29) is 0 Å². The SMILES string of the molecule is c1ccc(C2(c3ccccc3)c3ccccc3-c3c(N(c4cccc(-c5ccc(-c6cccc7ccccc67)cc5)c4)c4ccccc4-c4cccc5oc6ccccc6c45)cccc32)cc1. The Morgan fingerprint density at radius 1 is 0.328 bits per heavy atom. The van der Waals surface area contributed by atoms with Gasteiger partial charge in [-0.05, 0) is 103 Å². The number of para-hydroxylation sites is 2. The summed E-state index contributed by atoms with van der Waals surface area (Å²) >= 11 is 0. The van der Waals surface area contributed by atoms with Gasteiger partial charge in [-0.1, -0.05) is 224 Å². The lowest BCUT2D eigenvalue weighted by Crippen LogP contribution is -2.28. The fraction of sp³-hybridized carbons (Fsp3) is 0.0154. The molecule has 13 rings (SSSR count). The first-order valence-electron chi connectivity index (χ1n) is 23.1. The van der Waals surface area contributed by atoms with Crippen LogP contribution in [0.1, 0.15) is 22.3 Å². The van der Waals surface area contributed by atoms with Crippen LogP contribution in [-0.4, -0.2) is 0 Å². The van der Waals surface area contributed by atoms with Gasteiger partial charge in [0.2, 0.25) is 0 Å². The summed E-state index contributed by atoms with van der Waals surface area (Å²) in [5.74, 6) is 0. The minimum absolute atomic E-state index is 0.551. The van der Waals surface area contributed by atoms with Crippen molar-refractivity contribution in [2.45, 2.75) is 5.41 Å². The summed E-state index contributed by atoms with van der Waals surface area (Å²) in [5, 5.41) is 4.72. The maximum Gasteiger partial charge on any atom is 0.136 e. The van der Waals surface area contributed by atoms with E-state index in [1.54, 1.807) is 0 Å². The van der Waals surface area contributed by atoms with E-state index in [0.717, 1.165) is 61.3 Å². The molecule has 0 unspecified atom stereocenters. The Kier molecular flexibility index (Phi) is 9.11. The smallest absolute Gasteiger partial charge is 0.136 e. The van der Waals surface area contributed by atoms with Crippen molar-refractivity contribution in [3.05, 3.63) is 283 Å². The Balaban J connectivity index is 1.06. The molecule has 0 amide bonds. The van der Waals surface area contributed by atoms with Crippen LogP contribution in [0.3, 0.4) is 0 Å². The van der Waals surface area contributed by atoms with Gasteiger partial charge in [-0.3, -0.25) is 0 Å². The third-order valence-electron chi connectivity index (χ3n) is 14.0. The monoisotopic (exact) mass is 853 g/mol. The van der Waals surface area contributed by atoms with Crippen molar-refractivity contribution in [1.29, 1.82) is 0 Å². The van der Waals surface area contributed by atoms with Gasteiger partial charge in [0.25, 0.3) is 0 Å².